The van der Waals surface area contributed by atoms with E-state index in [-0.39, 0.29) is 31.1 Å². The van der Waals surface area contributed by atoms with Crippen molar-refractivity contribution in [1.29, 1.82) is 0 Å². The fourth-order valence-corrected chi connectivity index (χ4v) is 9.45. The summed E-state index contributed by atoms with van der Waals surface area (Å²) in [6.45, 7) is 6.52. The van der Waals surface area contributed by atoms with Gasteiger partial charge in [0, 0.05) is 19.3 Å². The van der Waals surface area contributed by atoms with Crippen LogP contribution in [0.15, 0.2) is 109 Å². The van der Waals surface area contributed by atoms with Crippen molar-refractivity contribution in [3.63, 3.8) is 0 Å². The SMILES string of the molecule is CC/C=C\C/C=C\C/C=C\C/C=C\C/C=C\C/C=C\C/C=C\C/C=C\CCCCCCCCC(=O)OCC(COC(=O)CCCCCCC/C=C\CCCCCC)OC(=O)CCCCCCCCCCCCCCCCCCCC. The number of hydrogen-bond donors (Lipinski definition) is 0. The van der Waals surface area contributed by atoms with Crippen LogP contribution in [0.25, 0.3) is 0 Å². The molecule has 0 N–H and O–H groups in total. The van der Waals surface area contributed by atoms with Crippen molar-refractivity contribution in [2.24, 2.45) is 0 Å². The Morgan fingerprint density at radius 3 is 0.787 bits per heavy atom. The second-order valence-corrected chi connectivity index (χ2v) is 22.4. The molecule has 6 nitrogen and oxygen atoms in total. The first-order valence-corrected chi connectivity index (χ1v) is 33.9. The Morgan fingerprint density at radius 2 is 0.487 bits per heavy atom. The zero-order chi connectivity index (χ0) is 57.8. The zero-order valence-electron chi connectivity index (χ0n) is 52.6. The Bertz CT molecular complexity index is 1610. The molecule has 6 heteroatoms. The van der Waals surface area contributed by atoms with E-state index in [1.165, 1.54) is 154 Å². The third-order valence-corrected chi connectivity index (χ3v) is 14.5. The van der Waals surface area contributed by atoms with E-state index in [0.29, 0.717) is 19.3 Å². The van der Waals surface area contributed by atoms with Crippen LogP contribution in [0, 0.1) is 0 Å². The van der Waals surface area contributed by atoms with E-state index in [2.05, 4.69) is 130 Å². The molecule has 0 aliphatic carbocycles. The van der Waals surface area contributed by atoms with Crippen LogP contribution in [0.5, 0.6) is 0 Å². The maximum atomic E-state index is 12.9. The molecule has 0 saturated heterocycles. The molecule has 0 amide bonds. The van der Waals surface area contributed by atoms with E-state index >= 15 is 0 Å². The van der Waals surface area contributed by atoms with Crippen LogP contribution >= 0.6 is 0 Å². The fraction of sp³-hybridized carbons (Fsp3) is 0.716. The number of ether oxygens (including phenoxy) is 3. The molecule has 0 aromatic carbocycles. The molecule has 0 saturated carbocycles. The summed E-state index contributed by atoms with van der Waals surface area (Å²) in [5.41, 5.74) is 0. The summed E-state index contributed by atoms with van der Waals surface area (Å²) in [7, 11) is 0. The number of carbonyl (C=O) groups is 3. The van der Waals surface area contributed by atoms with Crippen LogP contribution in [-0.2, 0) is 28.6 Å². The number of allylic oxidation sites excluding steroid dienone is 18. The van der Waals surface area contributed by atoms with Gasteiger partial charge in [0.1, 0.15) is 13.2 Å². The van der Waals surface area contributed by atoms with Crippen LogP contribution in [0.1, 0.15) is 323 Å². The summed E-state index contributed by atoms with van der Waals surface area (Å²) in [5, 5.41) is 0. The predicted octanol–water partition coefficient (Wildman–Crippen LogP) is 23.4. The number of unbranched alkanes of at least 4 members (excludes halogenated alkanes) is 32. The number of esters is 3. The van der Waals surface area contributed by atoms with E-state index in [1.807, 2.05) is 0 Å². The van der Waals surface area contributed by atoms with Crippen LogP contribution in [0.3, 0.4) is 0 Å². The summed E-state index contributed by atoms with van der Waals surface area (Å²) in [5.74, 6) is -0.895. The lowest BCUT2D eigenvalue weighted by molar-refractivity contribution is -0.167. The third-order valence-electron chi connectivity index (χ3n) is 14.5. The minimum atomic E-state index is -0.788. The molecule has 0 fully saturated rings. The number of carbonyl (C=O) groups excluding carboxylic acids is 3. The highest BCUT2D eigenvalue weighted by Gasteiger charge is 2.19. The van der Waals surface area contributed by atoms with Gasteiger partial charge in [-0.05, 0) is 109 Å². The first-order valence-electron chi connectivity index (χ1n) is 33.9. The third kappa shape index (κ3) is 64.9. The van der Waals surface area contributed by atoms with E-state index in [9.17, 15) is 14.4 Å². The predicted molar refractivity (Wildman–Crippen MR) is 348 cm³/mol. The molecular weight excluding hydrogens is 985 g/mol. The molecule has 80 heavy (non-hydrogen) atoms. The number of hydrogen-bond acceptors (Lipinski definition) is 6. The van der Waals surface area contributed by atoms with Gasteiger partial charge in [-0.3, -0.25) is 14.4 Å². The van der Waals surface area contributed by atoms with Gasteiger partial charge < -0.3 is 14.2 Å². The van der Waals surface area contributed by atoms with Crippen molar-refractivity contribution in [2.45, 2.75) is 329 Å². The molecule has 0 aliphatic rings. The summed E-state index contributed by atoms with van der Waals surface area (Å²) in [6, 6.07) is 0. The topological polar surface area (TPSA) is 78.9 Å². The lowest BCUT2D eigenvalue weighted by Gasteiger charge is -2.18. The van der Waals surface area contributed by atoms with Gasteiger partial charge in [-0.1, -0.05) is 304 Å². The Morgan fingerprint density at radius 1 is 0.263 bits per heavy atom. The van der Waals surface area contributed by atoms with Gasteiger partial charge in [0.15, 0.2) is 6.10 Å². The van der Waals surface area contributed by atoms with Crippen molar-refractivity contribution in [3.8, 4) is 0 Å². The quantitative estimate of drug-likeness (QED) is 0.0261. The Labute approximate surface area is 495 Å². The number of rotatable bonds is 61. The van der Waals surface area contributed by atoms with Gasteiger partial charge in [0.25, 0.3) is 0 Å². The van der Waals surface area contributed by atoms with Gasteiger partial charge in [-0.15, -0.1) is 0 Å². The van der Waals surface area contributed by atoms with Crippen LogP contribution in [0.2, 0.25) is 0 Å². The molecule has 0 bridgehead atoms. The molecule has 0 rings (SSSR count). The molecular formula is C74H126O6. The van der Waals surface area contributed by atoms with Gasteiger partial charge in [0.2, 0.25) is 0 Å². The van der Waals surface area contributed by atoms with E-state index in [0.717, 1.165) is 128 Å². The molecule has 1 atom stereocenters. The highest BCUT2D eigenvalue weighted by molar-refractivity contribution is 5.71. The minimum Gasteiger partial charge on any atom is -0.462 e. The first kappa shape index (κ1) is 76.1. The molecule has 0 aromatic rings. The summed E-state index contributed by atoms with van der Waals surface area (Å²) < 4.78 is 16.9. The van der Waals surface area contributed by atoms with E-state index < -0.39 is 6.10 Å². The summed E-state index contributed by atoms with van der Waals surface area (Å²) in [6.07, 6.45) is 92.4. The van der Waals surface area contributed by atoms with Crippen LogP contribution in [-0.4, -0.2) is 37.2 Å². The van der Waals surface area contributed by atoms with Crippen molar-refractivity contribution in [1.82, 2.24) is 0 Å². The molecule has 458 valence electrons. The molecule has 0 radical (unpaired) electrons. The molecule has 0 heterocycles. The molecule has 0 spiro atoms. The maximum Gasteiger partial charge on any atom is 0.306 e. The van der Waals surface area contributed by atoms with Gasteiger partial charge in [-0.25, -0.2) is 0 Å². The highest BCUT2D eigenvalue weighted by Crippen LogP contribution is 2.17. The largest absolute Gasteiger partial charge is 0.462 e. The lowest BCUT2D eigenvalue weighted by Crippen LogP contribution is -2.30. The van der Waals surface area contributed by atoms with Crippen molar-refractivity contribution in [3.05, 3.63) is 109 Å². The first-order chi connectivity index (χ1) is 39.5. The monoisotopic (exact) mass is 1110 g/mol. The van der Waals surface area contributed by atoms with E-state index in [1.54, 1.807) is 0 Å². The second kappa shape index (κ2) is 67.6. The fourth-order valence-electron chi connectivity index (χ4n) is 9.45. The molecule has 1 unspecified atom stereocenters. The van der Waals surface area contributed by atoms with Gasteiger partial charge in [0.05, 0.1) is 0 Å². The van der Waals surface area contributed by atoms with Gasteiger partial charge >= 0.3 is 17.9 Å². The van der Waals surface area contributed by atoms with Crippen molar-refractivity contribution >= 4 is 17.9 Å². The normalized spacial score (nSPS) is 12.8. The Kier molecular flexibility index (Phi) is 64.3. The van der Waals surface area contributed by atoms with Crippen LogP contribution < -0.4 is 0 Å². The van der Waals surface area contributed by atoms with E-state index in [4.69, 9.17) is 14.2 Å². The molecule has 0 aromatic heterocycles. The van der Waals surface area contributed by atoms with Crippen LogP contribution in [0.4, 0.5) is 0 Å². The van der Waals surface area contributed by atoms with Crippen molar-refractivity contribution in [2.75, 3.05) is 13.2 Å². The standard InChI is InChI=1S/C74H126O6/c1-4-7-10-13-16-19-22-25-27-29-31-32-33-34-35-36-37-38-39-40-41-42-43-45-46-49-52-55-58-61-64-67-73(76)79-70-71(69-78-72(75)66-63-60-57-54-51-48-24-21-18-15-12-9-6-3)80-74(77)68-65-62-59-56-53-50-47-44-30-28-26-23-20-17-14-11-8-5-2/h7,10,16,19,21,24-25,27,31-32,34-35,37-38,40-41,43,45,71H,4-6,8-9,11-15,17-18,20,22-23,26,28-30,33,36,39,42,44,46-70H2,1-3H3/b10-7-,19-16-,24-21-,27-25-,32-31-,35-34-,38-37-,41-40-,45-43-. The van der Waals surface area contributed by atoms with Gasteiger partial charge in [-0.2, -0.15) is 0 Å². The lowest BCUT2D eigenvalue weighted by atomic mass is 10.0. The Hall–Kier alpha value is -3.93. The average molecular weight is 1110 g/mol. The average Bonchev–Trinajstić information content (AvgIpc) is 3.46. The smallest absolute Gasteiger partial charge is 0.306 e. The second-order valence-electron chi connectivity index (χ2n) is 22.4. The highest BCUT2D eigenvalue weighted by atomic mass is 16.6. The zero-order valence-corrected chi connectivity index (χ0v) is 52.6. The maximum absolute atomic E-state index is 12.9. The Balaban J connectivity index is 4.32. The van der Waals surface area contributed by atoms with Crippen molar-refractivity contribution < 1.29 is 28.6 Å². The minimum absolute atomic E-state index is 0.0846. The molecule has 0 aliphatic heterocycles. The summed E-state index contributed by atoms with van der Waals surface area (Å²) in [4.78, 5) is 38.3. The summed E-state index contributed by atoms with van der Waals surface area (Å²) >= 11 is 0.